The predicted octanol–water partition coefficient (Wildman–Crippen LogP) is 2.66. The van der Waals surface area contributed by atoms with Gasteiger partial charge in [-0.05, 0) is 16.0 Å². The van der Waals surface area contributed by atoms with Gasteiger partial charge in [-0.3, -0.25) is 0 Å². The zero-order valence-corrected chi connectivity index (χ0v) is 7.13. The summed E-state index contributed by atoms with van der Waals surface area (Å²) in [5.74, 6) is -1.25. The van der Waals surface area contributed by atoms with Gasteiger partial charge in [0.2, 0.25) is 0 Å². The molecule has 0 aliphatic heterocycles. The fourth-order valence-corrected chi connectivity index (χ4v) is 0.944. The maximum absolute atomic E-state index is 12.2. The molecule has 14 heavy (non-hydrogen) atoms. The first-order valence-electron chi connectivity index (χ1n) is 3.19. The molecule has 0 aliphatic rings. The Hall–Kier alpha value is -1.37. The summed E-state index contributed by atoms with van der Waals surface area (Å²) in [7, 11) is 0. The Morgan fingerprint density at radius 3 is 2.50 bits per heavy atom. The van der Waals surface area contributed by atoms with Crippen LogP contribution in [0.15, 0.2) is 12.3 Å². The first kappa shape index (κ1) is 10.7. The van der Waals surface area contributed by atoms with Gasteiger partial charge < -0.3 is 10.1 Å². The van der Waals surface area contributed by atoms with Gasteiger partial charge in [0, 0.05) is 0 Å². The maximum atomic E-state index is 12.2. The SMILES string of the molecule is O=[N+]([O-])c1ncc(Cl)cc1C(F)(F)F. The Kier molecular flexibility index (Phi) is 2.61. The van der Waals surface area contributed by atoms with Crippen molar-refractivity contribution in [2.24, 2.45) is 0 Å². The van der Waals surface area contributed by atoms with E-state index in [1.54, 1.807) is 0 Å². The van der Waals surface area contributed by atoms with Crippen LogP contribution >= 0.6 is 11.6 Å². The number of halogens is 4. The van der Waals surface area contributed by atoms with Crippen molar-refractivity contribution in [1.82, 2.24) is 4.98 Å². The number of hydrogen-bond acceptors (Lipinski definition) is 3. The van der Waals surface area contributed by atoms with Crippen LogP contribution in [0.25, 0.3) is 0 Å². The van der Waals surface area contributed by atoms with Gasteiger partial charge in [-0.15, -0.1) is 0 Å². The van der Waals surface area contributed by atoms with E-state index < -0.39 is 22.5 Å². The van der Waals surface area contributed by atoms with Crippen molar-refractivity contribution in [1.29, 1.82) is 0 Å². The third-order valence-corrected chi connectivity index (χ3v) is 1.52. The lowest BCUT2D eigenvalue weighted by Crippen LogP contribution is -2.10. The fourth-order valence-electron chi connectivity index (χ4n) is 0.786. The molecule has 0 saturated carbocycles. The molecule has 8 heteroatoms. The highest BCUT2D eigenvalue weighted by molar-refractivity contribution is 6.30. The first-order valence-corrected chi connectivity index (χ1v) is 3.57. The number of nitrogens with zero attached hydrogens (tertiary/aromatic N) is 2. The maximum Gasteiger partial charge on any atom is 0.424 e. The average Bonchev–Trinajstić information content (AvgIpc) is 2.01. The molecular weight excluding hydrogens is 225 g/mol. The Morgan fingerprint density at radius 1 is 1.50 bits per heavy atom. The van der Waals surface area contributed by atoms with Crippen molar-refractivity contribution in [3.63, 3.8) is 0 Å². The van der Waals surface area contributed by atoms with E-state index >= 15 is 0 Å². The number of aromatic nitrogens is 1. The molecule has 76 valence electrons. The molecule has 0 saturated heterocycles. The fraction of sp³-hybridized carbons (Fsp3) is 0.167. The van der Waals surface area contributed by atoms with Gasteiger partial charge in [-0.2, -0.15) is 13.2 Å². The lowest BCUT2D eigenvalue weighted by atomic mass is 10.2. The van der Waals surface area contributed by atoms with E-state index in [0.29, 0.717) is 6.07 Å². The van der Waals surface area contributed by atoms with E-state index in [9.17, 15) is 23.3 Å². The Labute approximate surface area is 80.5 Å². The van der Waals surface area contributed by atoms with Crippen LogP contribution in [0.2, 0.25) is 5.02 Å². The largest absolute Gasteiger partial charge is 0.424 e. The average molecular weight is 227 g/mol. The summed E-state index contributed by atoms with van der Waals surface area (Å²) in [5.41, 5.74) is -1.45. The summed E-state index contributed by atoms with van der Waals surface area (Å²) < 4.78 is 36.6. The minimum absolute atomic E-state index is 0.303. The predicted molar refractivity (Wildman–Crippen MR) is 40.9 cm³/mol. The number of hydrogen-bond donors (Lipinski definition) is 0. The molecule has 0 N–H and O–H groups in total. The Balaban J connectivity index is 3.38. The van der Waals surface area contributed by atoms with E-state index in [0.717, 1.165) is 6.20 Å². The zero-order valence-electron chi connectivity index (χ0n) is 6.38. The second kappa shape index (κ2) is 3.41. The van der Waals surface area contributed by atoms with E-state index in [2.05, 4.69) is 4.98 Å². The van der Waals surface area contributed by atoms with Gasteiger partial charge >= 0.3 is 12.0 Å². The van der Waals surface area contributed by atoms with Crippen molar-refractivity contribution in [3.8, 4) is 0 Å². The van der Waals surface area contributed by atoms with Gasteiger partial charge in [0.15, 0.2) is 11.8 Å². The lowest BCUT2D eigenvalue weighted by Gasteiger charge is -2.05. The van der Waals surface area contributed by atoms with Crippen LogP contribution in [0.5, 0.6) is 0 Å². The quantitative estimate of drug-likeness (QED) is 0.546. The molecule has 0 radical (unpaired) electrons. The van der Waals surface area contributed by atoms with Crippen LogP contribution in [0, 0.1) is 10.1 Å². The summed E-state index contributed by atoms with van der Waals surface area (Å²) >= 11 is 5.24. The highest BCUT2D eigenvalue weighted by Gasteiger charge is 2.39. The van der Waals surface area contributed by atoms with Gasteiger partial charge in [0.05, 0.1) is 5.02 Å². The van der Waals surface area contributed by atoms with Crippen LogP contribution in [0.3, 0.4) is 0 Å². The lowest BCUT2D eigenvalue weighted by molar-refractivity contribution is -0.392. The molecule has 1 aromatic rings. The van der Waals surface area contributed by atoms with Crippen LogP contribution in [0.1, 0.15) is 5.56 Å². The molecule has 1 heterocycles. The van der Waals surface area contributed by atoms with Gasteiger partial charge in [0.1, 0.15) is 0 Å². The van der Waals surface area contributed by atoms with Gasteiger partial charge in [-0.25, -0.2) is 0 Å². The molecule has 0 aromatic carbocycles. The molecule has 0 unspecified atom stereocenters. The van der Waals surface area contributed by atoms with Crippen molar-refractivity contribution in [3.05, 3.63) is 33.0 Å². The highest BCUT2D eigenvalue weighted by atomic mass is 35.5. The third kappa shape index (κ3) is 2.11. The first-order chi connectivity index (χ1) is 6.32. The summed E-state index contributed by atoms with van der Waals surface area (Å²) in [6, 6.07) is 0.465. The normalized spacial score (nSPS) is 11.4. The van der Waals surface area contributed by atoms with Crippen LogP contribution in [-0.2, 0) is 6.18 Å². The summed E-state index contributed by atoms with van der Waals surface area (Å²) in [6.45, 7) is 0. The minimum Gasteiger partial charge on any atom is -0.358 e. The van der Waals surface area contributed by atoms with E-state index in [-0.39, 0.29) is 5.02 Å². The monoisotopic (exact) mass is 226 g/mol. The molecule has 0 fully saturated rings. The summed E-state index contributed by atoms with van der Waals surface area (Å²) in [6.07, 6.45) is -4.05. The molecular formula is C6H2ClF3N2O2. The standard InChI is InChI=1S/C6H2ClF3N2O2/c7-3-1-4(6(8,9)10)5(11-2-3)12(13)14/h1-2H. The van der Waals surface area contributed by atoms with E-state index in [4.69, 9.17) is 11.6 Å². The van der Waals surface area contributed by atoms with Crippen molar-refractivity contribution < 1.29 is 18.1 Å². The van der Waals surface area contributed by atoms with Gasteiger partial charge in [-0.1, -0.05) is 11.6 Å². The van der Waals surface area contributed by atoms with Crippen molar-refractivity contribution >= 4 is 17.4 Å². The Bertz CT molecular complexity index is 380. The minimum atomic E-state index is -4.83. The molecule has 0 bridgehead atoms. The highest BCUT2D eigenvalue weighted by Crippen LogP contribution is 2.35. The number of pyridine rings is 1. The number of alkyl halides is 3. The molecule has 0 atom stereocenters. The second-order valence-corrected chi connectivity index (χ2v) is 2.72. The zero-order chi connectivity index (χ0) is 10.9. The summed E-state index contributed by atoms with van der Waals surface area (Å²) in [5, 5.41) is 9.88. The Morgan fingerprint density at radius 2 is 2.07 bits per heavy atom. The summed E-state index contributed by atoms with van der Waals surface area (Å²) in [4.78, 5) is 12.0. The molecule has 1 rings (SSSR count). The van der Waals surface area contributed by atoms with Crippen LogP contribution in [-0.4, -0.2) is 9.91 Å². The molecule has 0 aliphatic carbocycles. The second-order valence-electron chi connectivity index (χ2n) is 2.28. The van der Waals surface area contributed by atoms with E-state index in [1.165, 1.54) is 0 Å². The van der Waals surface area contributed by atoms with Gasteiger partial charge in [0.25, 0.3) is 0 Å². The van der Waals surface area contributed by atoms with Crippen molar-refractivity contribution in [2.75, 3.05) is 0 Å². The topological polar surface area (TPSA) is 56.0 Å². The molecule has 0 spiro atoms. The molecule has 0 amide bonds. The van der Waals surface area contributed by atoms with Crippen LogP contribution < -0.4 is 0 Å². The number of nitro groups is 1. The smallest absolute Gasteiger partial charge is 0.358 e. The molecule has 4 nitrogen and oxygen atoms in total. The third-order valence-electron chi connectivity index (χ3n) is 1.31. The number of rotatable bonds is 1. The van der Waals surface area contributed by atoms with Crippen molar-refractivity contribution in [2.45, 2.75) is 6.18 Å². The van der Waals surface area contributed by atoms with E-state index in [1.807, 2.05) is 0 Å². The van der Waals surface area contributed by atoms with Crippen LogP contribution in [0.4, 0.5) is 19.0 Å². The molecule has 1 aromatic heterocycles.